The Hall–Kier alpha value is -4.14. The van der Waals surface area contributed by atoms with Crippen LogP contribution in [0.4, 0.5) is 11.4 Å². The predicted molar refractivity (Wildman–Crippen MR) is 150 cm³/mol. The number of benzene rings is 6. The fraction of sp³-hybridized carbons (Fsp3) is 0. The van der Waals surface area contributed by atoms with Crippen molar-refractivity contribution in [2.75, 3.05) is 5.32 Å². The Bertz CT molecular complexity index is 1830. The van der Waals surface area contributed by atoms with Crippen LogP contribution < -0.4 is 5.32 Å². The lowest BCUT2D eigenvalue weighted by Crippen LogP contribution is -1.90. The number of fused-ring (bicyclic) bond motifs is 6. The van der Waals surface area contributed by atoms with E-state index in [9.17, 15) is 0 Å². The van der Waals surface area contributed by atoms with Gasteiger partial charge in [0.2, 0.25) is 0 Å². The summed E-state index contributed by atoms with van der Waals surface area (Å²) in [5, 5.41) is 11.5. The van der Waals surface area contributed by atoms with Gasteiger partial charge in [-0.15, -0.1) is 11.3 Å². The van der Waals surface area contributed by atoms with Crippen molar-refractivity contribution in [1.82, 2.24) is 0 Å². The molecule has 6 aromatic carbocycles. The van der Waals surface area contributed by atoms with E-state index in [0.717, 1.165) is 11.4 Å². The smallest absolute Gasteiger partial charge is 0.0590 e. The molecule has 0 aliphatic carbocycles. The van der Waals surface area contributed by atoms with Crippen LogP contribution in [-0.2, 0) is 0 Å². The summed E-state index contributed by atoms with van der Waals surface area (Å²) in [5.74, 6) is 0. The fourth-order valence-corrected chi connectivity index (χ4v) is 6.20. The Kier molecular flexibility index (Phi) is 4.39. The van der Waals surface area contributed by atoms with Crippen molar-refractivity contribution in [2.45, 2.75) is 0 Å². The van der Waals surface area contributed by atoms with E-state index >= 15 is 0 Å². The molecule has 0 fully saturated rings. The normalized spacial score (nSPS) is 11.5. The molecule has 0 spiro atoms. The van der Waals surface area contributed by atoms with Crippen molar-refractivity contribution in [3.05, 3.63) is 121 Å². The monoisotopic (exact) mass is 451 g/mol. The van der Waals surface area contributed by atoms with Gasteiger partial charge in [-0.1, -0.05) is 97.1 Å². The number of thiophene rings is 1. The zero-order valence-corrected chi connectivity index (χ0v) is 19.3. The SMILES string of the molecule is c1ccc2cc(-c3ccc(Nc4cccc5c4sc4c6ccccc6ccc54)cc3)ccc2c1. The number of rotatable bonds is 3. The topological polar surface area (TPSA) is 12.0 Å². The van der Waals surface area contributed by atoms with Crippen LogP contribution >= 0.6 is 11.3 Å². The van der Waals surface area contributed by atoms with Gasteiger partial charge in [-0.25, -0.2) is 0 Å². The maximum atomic E-state index is 3.67. The molecule has 0 bridgehead atoms. The van der Waals surface area contributed by atoms with E-state index in [1.807, 2.05) is 11.3 Å². The Labute approximate surface area is 201 Å². The Morgan fingerprint density at radius 2 is 1.12 bits per heavy atom. The van der Waals surface area contributed by atoms with E-state index in [1.165, 1.54) is 52.8 Å². The second kappa shape index (κ2) is 7.72. The van der Waals surface area contributed by atoms with Crippen molar-refractivity contribution in [3.63, 3.8) is 0 Å². The van der Waals surface area contributed by atoms with Crippen LogP contribution in [-0.4, -0.2) is 0 Å². The number of hydrogen-bond acceptors (Lipinski definition) is 2. The van der Waals surface area contributed by atoms with Crippen LogP contribution in [0.15, 0.2) is 121 Å². The minimum Gasteiger partial charge on any atom is -0.354 e. The van der Waals surface area contributed by atoms with Crippen molar-refractivity contribution >= 4 is 64.4 Å². The molecule has 1 heterocycles. The van der Waals surface area contributed by atoms with E-state index < -0.39 is 0 Å². The predicted octanol–water partition coefficient (Wildman–Crippen LogP) is 9.77. The third kappa shape index (κ3) is 3.15. The highest BCUT2D eigenvalue weighted by Crippen LogP contribution is 2.42. The van der Waals surface area contributed by atoms with Crippen LogP contribution in [0.1, 0.15) is 0 Å². The second-order valence-corrected chi connectivity index (χ2v) is 9.73. The molecule has 0 unspecified atom stereocenters. The van der Waals surface area contributed by atoms with Gasteiger partial charge < -0.3 is 5.32 Å². The maximum Gasteiger partial charge on any atom is 0.0590 e. The first kappa shape index (κ1) is 19.3. The minimum absolute atomic E-state index is 1.10. The quantitative estimate of drug-likeness (QED) is 0.282. The highest BCUT2D eigenvalue weighted by molar-refractivity contribution is 7.27. The zero-order valence-electron chi connectivity index (χ0n) is 18.5. The Morgan fingerprint density at radius 1 is 0.441 bits per heavy atom. The van der Waals surface area contributed by atoms with Crippen LogP contribution in [0, 0.1) is 0 Å². The summed E-state index contributed by atoms with van der Waals surface area (Å²) in [6, 6.07) is 43.6. The third-order valence-electron chi connectivity index (χ3n) is 6.64. The molecule has 34 heavy (non-hydrogen) atoms. The largest absolute Gasteiger partial charge is 0.354 e. The van der Waals surface area contributed by atoms with Crippen molar-refractivity contribution in [2.24, 2.45) is 0 Å². The minimum atomic E-state index is 1.10. The first-order valence-corrected chi connectivity index (χ1v) is 12.3. The number of nitrogens with one attached hydrogen (secondary N) is 1. The molecule has 0 radical (unpaired) electrons. The molecule has 1 aromatic heterocycles. The fourth-order valence-electron chi connectivity index (χ4n) is 4.90. The average Bonchev–Trinajstić information content (AvgIpc) is 3.29. The molecule has 0 saturated carbocycles. The van der Waals surface area contributed by atoms with Crippen LogP contribution in [0.25, 0.3) is 52.8 Å². The lowest BCUT2D eigenvalue weighted by Gasteiger charge is -2.09. The van der Waals surface area contributed by atoms with E-state index in [4.69, 9.17) is 0 Å². The summed E-state index contributed by atoms with van der Waals surface area (Å²) in [4.78, 5) is 0. The van der Waals surface area contributed by atoms with Crippen LogP contribution in [0.5, 0.6) is 0 Å². The molecule has 160 valence electrons. The van der Waals surface area contributed by atoms with E-state index in [1.54, 1.807) is 0 Å². The van der Waals surface area contributed by atoms with Gasteiger partial charge in [-0.3, -0.25) is 0 Å². The number of hydrogen-bond donors (Lipinski definition) is 1. The lowest BCUT2D eigenvalue weighted by molar-refractivity contribution is 1.57. The third-order valence-corrected chi connectivity index (χ3v) is 7.92. The van der Waals surface area contributed by atoms with E-state index in [2.05, 4.69) is 127 Å². The van der Waals surface area contributed by atoms with Gasteiger partial charge in [0.15, 0.2) is 0 Å². The highest BCUT2D eigenvalue weighted by atomic mass is 32.1. The molecule has 1 nitrogen and oxygen atoms in total. The summed E-state index contributed by atoms with van der Waals surface area (Å²) in [5.41, 5.74) is 4.71. The molecule has 7 aromatic rings. The standard InChI is InChI=1S/C32H21NS/c1-2-8-24-20-25(13-12-21(24)6-1)22-14-17-26(18-15-22)33-30-11-5-10-28-29-19-16-23-7-3-4-9-27(23)31(29)34-32(28)30/h1-20,33H. The molecule has 0 amide bonds. The number of anilines is 2. The molecule has 1 N–H and O–H groups in total. The molecule has 0 aliphatic rings. The van der Waals surface area contributed by atoms with Crippen molar-refractivity contribution < 1.29 is 0 Å². The molecule has 2 heteroatoms. The summed E-state index contributed by atoms with van der Waals surface area (Å²) in [6.45, 7) is 0. The molecule has 7 rings (SSSR count). The maximum absolute atomic E-state index is 3.67. The summed E-state index contributed by atoms with van der Waals surface area (Å²) < 4.78 is 2.65. The van der Waals surface area contributed by atoms with Crippen molar-refractivity contribution in [1.29, 1.82) is 0 Å². The van der Waals surface area contributed by atoms with Gasteiger partial charge in [0, 0.05) is 21.2 Å². The van der Waals surface area contributed by atoms with Gasteiger partial charge in [-0.05, 0) is 56.9 Å². The Morgan fingerprint density at radius 3 is 2.00 bits per heavy atom. The molecular weight excluding hydrogens is 430 g/mol. The second-order valence-electron chi connectivity index (χ2n) is 8.71. The molecule has 0 aliphatic heterocycles. The Balaban J connectivity index is 1.26. The first-order valence-electron chi connectivity index (χ1n) is 11.5. The summed E-state index contributed by atoms with van der Waals surface area (Å²) in [6.07, 6.45) is 0. The lowest BCUT2D eigenvalue weighted by atomic mass is 10.0. The zero-order chi connectivity index (χ0) is 22.5. The van der Waals surface area contributed by atoms with Gasteiger partial charge in [-0.2, -0.15) is 0 Å². The summed E-state index contributed by atoms with van der Waals surface area (Å²) in [7, 11) is 0. The van der Waals surface area contributed by atoms with Crippen molar-refractivity contribution in [3.8, 4) is 11.1 Å². The highest BCUT2D eigenvalue weighted by Gasteiger charge is 2.11. The van der Waals surface area contributed by atoms with E-state index in [-0.39, 0.29) is 0 Å². The summed E-state index contributed by atoms with van der Waals surface area (Å²) >= 11 is 1.88. The van der Waals surface area contributed by atoms with Crippen LogP contribution in [0.2, 0.25) is 0 Å². The average molecular weight is 452 g/mol. The molecular formula is C32H21NS. The van der Waals surface area contributed by atoms with Crippen LogP contribution in [0.3, 0.4) is 0 Å². The van der Waals surface area contributed by atoms with E-state index in [0.29, 0.717) is 0 Å². The van der Waals surface area contributed by atoms with Gasteiger partial charge in [0.05, 0.1) is 10.4 Å². The molecule has 0 atom stereocenters. The van der Waals surface area contributed by atoms with Gasteiger partial charge in [0.1, 0.15) is 0 Å². The molecule has 0 saturated heterocycles. The van der Waals surface area contributed by atoms with Gasteiger partial charge >= 0.3 is 0 Å². The van der Waals surface area contributed by atoms with Gasteiger partial charge in [0.25, 0.3) is 0 Å². The first-order chi connectivity index (χ1) is 16.8.